The average molecular weight is 427 g/mol. The van der Waals surface area contributed by atoms with Gasteiger partial charge in [0.15, 0.2) is 0 Å². The highest BCUT2D eigenvalue weighted by molar-refractivity contribution is 5.49. The summed E-state index contributed by atoms with van der Waals surface area (Å²) in [4.78, 5) is 4.14. The monoisotopic (exact) mass is 426 g/mol. The molecule has 7 heteroatoms. The van der Waals surface area contributed by atoms with E-state index in [1.807, 2.05) is 4.90 Å². The first-order valence-electron chi connectivity index (χ1n) is 11.3. The van der Waals surface area contributed by atoms with E-state index in [1.54, 1.807) is 6.07 Å². The highest BCUT2D eigenvalue weighted by atomic mass is 19.4. The van der Waals surface area contributed by atoms with E-state index >= 15 is 0 Å². The molecule has 0 aromatic heterocycles. The van der Waals surface area contributed by atoms with Gasteiger partial charge in [-0.2, -0.15) is 13.2 Å². The molecular formula is C23H33F3N2O2. The number of benzene rings is 1. The number of halogens is 3. The zero-order valence-electron chi connectivity index (χ0n) is 17.5. The van der Waals surface area contributed by atoms with Gasteiger partial charge in [-0.05, 0) is 61.6 Å². The Morgan fingerprint density at radius 2 is 1.90 bits per heavy atom. The van der Waals surface area contributed by atoms with Gasteiger partial charge in [-0.25, -0.2) is 0 Å². The summed E-state index contributed by atoms with van der Waals surface area (Å²) in [5, 5.41) is 10.3. The number of rotatable bonds is 8. The lowest BCUT2D eigenvalue weighted by Crippen LogP contribution is -2.49. The molecular weight excluding hydrogens is 393 g/mol. The second-order valence-electron chi connectivity index (χ2n) is 9.29. The number of anilines is 1. The summed E-state index contributed by atoms with van der Waals surface area (Å²) in [7, 11) is 0. The van der Waals surface area contributed by atoms with Crippen LogP contribution in [0.1, 0.15) is 37.7 Å². The van der Waals surface area contributed by atoms with Crippen molar-refractivity contribution in [3.63, 3.8) is 0 Å². The third-order valence-corrected chi connectivity index (χ3v) is 7.21. The van der Waals surface area contributed by atoms with Crippen LogP contribution in [-0.4, -0.2) is 62.0 Å². The van der Waals surface area contributed by atoms with E-state index < -0.39 is 17.8 Å². The second kappa shape index (κ2) is 9.45. The Labute approximate surface area is 177 Å². The third kappa shape index (κ3) is 5.48. The summed E-state index contributed by atoms with van der Waals surface area (Å²) >= 11 is 0. The number of fused-ring (bicyclic) bond motifs is 2. The standard InChI is InChI=1S/C23H33F3N2O2/c24-23(25,26)20-2-1-3-21(14-20)28-9-7-27(8-10-28)15-22(29)16-30-11-6-19-13-17-4-5-18(19)12-17/h1-3,14,17-19,22,29H,4-13,15-16H2/t17-,18-,19+,22-/m0/s1. The van der Waals surface area contributed by atoms with E-state index in [0.29, 0.717) is 31.9 Å². The van der Waals surface area contributed by atoms with Crippen molar-refractivity contribution in [1.82, 2.24) is 4.90 Å². The molecule has 2 bridgehead atoms. The fourth-order valence-electron chi connectivity index (χ4n) is 5.60. The van der Waals surface area contributed by atoms with Gasteiger partial charge in [-0.15, -0.1) is 0 Å². The quantitative estimate of drug-likeness (QED) is 0.637. The molecule has 0 unspecified atom stereocenters. The molecule has 4 nitrogen and oxygen atoms in total. The third-order valence-electron chi connectivity index (χ3n) is 7.21. The number of piperazine rings is 1. The Balaban J connectivity index is 1.13. The first kappa shape index (κ1) is 21.9. The maximum absolute atomic E-state index is 12.9. The zero-order valence-corrected chi connectivity index (χ0v) is 17.5. The molecule has 1 saturated heterocycles. The molecule has 30 heavy (non-hydrogen) atoms. The smallest absolute Gasteiger partial charge is 0.389 e. The van der Waals surface area contributed by atoms with Gasteiger partial charge >= 0.3 is 6.18 Å². The number of nitrogens with zero attached hydrogens (tertiary/aromatic N) is 2. The summed E-state index contributed by atoms with van der Waals surface area (Å²) in [6, 6.07) is 5.51. The predicted octanol–water partition coefficient (Wildman–Crippen LogP) is 4.03. The first-order valence-corrected chi connectivity index (χ1v) is 11.3. The maximum atomic E-state index is 12.9. The molecule has 3 fully saturated rings. The van der Waals surface area contributed by atoms with Crippen molar-refractivity contribution in [2.75, 3.05) is 50.8 Å². The lowest BCUT2D eigenvalue weighted by molar-refractivity contribution is -0.137. The van der Waals surface area contributed by atoms with E-state index in [4.69, 9.17) is 4.74 Å². The normalized spacial score (nSPS) is 28.3. The van der Waals surface area contributed by atoms with Crippen molar-refractivity contribution in [2.24, 2.45) is 17.8 Å². The van der Waals surface area contributed by atoms with Crippen molar-refractivity contribution in [2.45, 2.75) is 44.4 Å². The number of ether oxygens (including phenoxy) is 1. The molecule has 1 aromatic rings. The van der Waals surface area contributed by atoms with Crippen LogP contribution < -0.4 is 4.90 Å². The zero-order chi connectivity index (χ0) is 21.1. The average Bonchev–Trinajstić information content (AvgIpc) is 3.35. The summed E-state index contributed by atoms with van der Waals surface area (Å²) in [5.74, 6) is 2.70. The SMILES string of the molecule is O[C@H](COCC[C@@H]1C[C@H]2CC[C@H]1C2)CN1CCN(c2cccc(C(F)(F)F)c2)CC1. The van der Waals surface area contributed by atoms with E-state index in [1.165, 1.54) is 37.8 Å². The molecule has 0 radical (unpaired) electrons. The van der Waals surface area contributed by atoms with E-state index in [2.05, 4.69) is 4.90 Å². The minimum atomic E-state index is -4.32. The van der Waals surface area contributed by atoms with Crippen molar-refractivity contribution >= 4 is 5.69 Å². The maximum Gasteiger partial charge on any atom is 0.416 e. The fraction of sp³-hybridized carbons (Fsp3) is 0.739. The van der Waals surface area contributed by atoms with E-state index in [0.717, 1.165) is 49.9 Å². The number of hydrogen-bond donors (Lipinski definition) is 1. The fourth-order valence-corrected chi connectivity index (χ4v) is 5.60. The molecule has 2 aliphatic carbocycles. The molecule has 1 N–H and O–H groups in total. The number of aliphatic hydroxyl groups is 1. The van der Waals surface area contributed by atoms with Crippen molar-refractivity contribution in [1.29, 1.82) is 0 Å². The van der Waals surface area contributed by atoms with Crippen LogP contribution in [0.2, 0.25) is 0 Å². The van der Waals surface area contributed by atoms with Crippen LogP contribution in [0.25, 0.3) is 0 Å². The summed E-state index contributed by atoms with van der Waals surface area (Å²) in [6.45, 7) is 4.38. The van der Waals surface area contributed by atoms with Gasteiger partial charge in [0.2, 0.25) is 0 Å². The number of hydrogen-bond acceptors (Lipinski definition) is 4. The van der Waals surface area contributed by atoms with Crippen LogP contribution in [0.15, 0.2) is 24.3 Å². The molecule has 1 aliphatic heterocycles. The molecule has 4 rings (SSSR count). The second-order valence-corrected chi connectivity index (χ2v) is 9.29. The van der Waals surface area contributed by atoms with Gasteiger partial charge in [0, 0.05) is 45.0 Å². The predicted molar refractivity (Wildman–Crippen MR) is 110 cm³/mol. The summed E-state index contributed by atoms with van der Waals surface area (Å²) in [5.41, 5.74) is -0.00518. The van der Waals surface area contributed by atoms with Crippen LogP contribution in [0.5, 0.6) is 0 Å². The summed E-state index contributed by atoms with van der Waals surface area (Å²) < 4.78 is 44.5. The van der Waals surface area contributed by atoms with Gasteiger partial charge < -0.3 is 14.7 Å². The van der Waals surface area contributed by atoms with Gasteiger partial charge in [0.05, 0.1) is 18.3 Å². The van der Waals surface area contributed by atoms with E-state index in [-0.39, 0.29) is 0 Å². The molecule has 2 saturated carbocycles. The number of β-amino-alcohol motifs (C(OH)–C–C–N with tert-alkyl or cyclic N) is 1. The Bertz CT molecular complexity index is 691. The topological polar surface area (TPSA) is 35.9 Å². The van der Waals surface area contributed by atoms with E-state index in [9.17, 15) is 18.3 Å². The minimum Gasteiger partial charge on any atom is -0.389 e. The van der Waals surface area contributed by atoms with Crippen LogP contribution in [0.3, 0.4) is 0 Å². The van der Waals surface area contributed by atoms with Crippen molar-refractivity contribution < 1.29 is 23.0 Å². The molecule has 0 spiro atoms. The number of alkyl halides is 3. The molecule has 1 aromatic carbocycles. The first-order chi connectivity index (χ1) is 14.4. The molecule has 1 heterocycles. The molecule has 168 valence electrons. The Hall–Kier alpha value is -1.31. The van der Waals surface area contributed by atoms with Gasteiger partial charge in [0.1, 0.15) is 0 Å². The van der Waals surface area contributed by atoms with Crippen LogP contribution in [0.4, 0.5) is 18.9 Å². The van der Waals surface area contributed by atoms with Crippen molar-refractivity contribution in [3.8, 4) is 0 Å². The summed E-state index contributed by atoms with van der Waals surface area (Å²) in [6.07, 6.45) is 1.87. The minimum absolute atomic E-state index is 0.356. The largest absolute Gasteiger partial charge is 0.416 e. The molecule has 3 aliphatic rings. The lowest BCUT2D eigenvalue weighted by atomic mass is 9.87. The van der Waals surface area contributed by atoms with Crippen LogP contribution >= 0.6 is 0 Å². The van der Waals surface area contributed by atoms with Gasteiger partial charge in [0.25, 0.3) is 0 Å². The Morgan fingerprint density at radius 1 is 1.10 bits per heavy atom. The van der Waals surface area contributed by atoms with Crippen LogP contribution in [0, 0.1) is 17.8 Å². The molecule has 0 amide bonds. The highest BCUT2D eigenvalue weighted by Crippen LogP contribution is 2.49. The Kier molecular flexibility index (Phi) is 6.90. The number of aliphatic hydroxyl groups excluding tert-OH is 1. The van der Waals surface area contributed by atoms with Crippen molar-refractivity contribution in [3.05, 3.63) is 29.8 Å². The lowest BCUT2D eigenvalue weighted by Gasteiger charge is -2.37. The van der Waals surface area contributed by atoms with Crippen LogP contribution in [-0.2, 0) is 10.9 Å². The van der Waals surface area contributed by atoms with Gasteiger partial charge in [-0.3, -0.25) is 4.90 Å². The molecule has 4 atom stereocenters. The highest BCUT2D eigenvalue weighted by Gasteiger charge is 2.38. The van der Waals surface area contributed by atoms with Gasteiger partial charge in [-0.1, -0.05) is 12.5 Å². The Morgan fingerprint density at radius 3 is 2.57 bits per heavy atom.